The lowest BCUT2D eigenvalue weighted by Crippen LogP contribution is -2.32. The van der Waals surface area contributed by atoms with Gasteiger partial charge in [0.15, 0.2) is 5.11 Å². The van der Waals surface area contributed by atoms with E-state index in [0.717, 1.165) is 32.6 Å². The van der Waals surface area contributed by atoms with Crippen LogP contribution < -0.4 is 14.8 Å². The quantitative estimate of drug-likeness (QED) is 0.226. The third kappa shape index (κ3) is 5.71. The average molecular weight is 538 g/mol. The van der Waals surface area contributed by atoms with Crippen LogP contribution in [0.1, 0.15) is 17.5 Å². The van der Waals surface area contributed by atoms with Gasteiger partial charge in [-0.15, -0.1) is 0 Å². The Labute approximate surface area is 195 Å². The SMILES string of the molecule is COCCCN1C(=O)/C(=C\c2ccc(OC)c(COc3ccc(I)cc3)c2)NC1=S. The summed E-state index contributed by atoms with van der Waals surface area (Å²) in [4.78, 5) is 14.2. The van der Waals surface area contributed by atoms with E-state index in [4.69, 9.17) is 26.4 Å². The maximum atomic E-state index is 12.7. The van der Waals surface area contributed by atoms with Crippen LogP contribution in [0.3, 0.4) is 0 Å². The Morgan fingerprint density at radius 1 is 1.17 bits per heavy atom. The Bertz CT molecular complexity index is 947. The zero-order chi connectivity index (χ0) is 21.5. The number of benzene rings is 2. The highest BCUT2D eigenvalue weighted by Crippen LogP contribution is 2.24. The van der Waals surface area contributed by atoms with Crippen LogP contribution in [-0.2, 0) is 16.1 Å². The van der Waals surface area contributed by atoms with Gasteiger partial charge in [0.2, 0.25) is 0 Å². The summed E-state index contributed by atoms with van der Waals surface area (Å²) in [5.74, 6) is 1.37. The van der Waals surface area contributed by atoms with Gasteiger partial charge >= 0.3 is 0 Å². The summed E-state index contributed by atoms with van der Waals surface area (Å²) in [6, 6.07) is 13.6. The number of amides is 1. The van der Waals surface area contributed by atoms with Crippen molar-refractivity contribution in [1.29, 1.82) is 0 Å². The van der Waals surface area contributed by atoms with Crippen LogP contribution in [0.25, 0.3) is 6.08 Å². The molecule has 0 bridgehead atoms. The van der Waals surface area contributed by atoms with E-state index in [1.165, 1.54) is 0 Å². The van der Waals surface area contributed by atoms with Gasteiger partial charge in [0.1, 0.15) is 23.8 Å². The number of halogens is 1. The second kappa shape index (κ2) is 10.7. The molecule has 0 radical (unpaired) electrons. The minimum Gasteiger partial charge on any atom is -0.496 e. The van der Waals surface area contributed by atoms with Crippen molar-refractivity contribution >= 4 is 51.9 Å². The Kier molecular flexibility index (Phi) is 8.06. The lowest BCUT2D eigenvalue weighted by atomic mass is 10.1. The van der Waals surface area contributed by atoms with E-state index in [2.05, 4.69) is 27.9 Å². The fourth-order valence-electron chi connectivity index (χ4n) is 3.00. The van der Waals surface area contributed by atoms with Gasteiger partial charge in [-0.05, 0) is 89.3 Å². The first-order valence-electron chi connectivity index (χ1n) is 9.40. The molecule has 6 nitrogen and oxygen atoms in total. The van der Waals surface area contributed by atoms with Gasteiger partial charge in [0.05, 0.1) is 7.11 Å². The minimum absolute atomic E-state index is 0.136. The third-order valence-electron chi connectivity index (χ3n) is 4.52. The largest absolute Gasteiger partial charge is 0.496 e. The molecular weight excluding hydrogens is 515 g/mol. The van der Waals surface area contributed by atoms with Crippen LogP contribution in [0.15, 0.2) is 48.2 Å². The number of methoxy groups -OCH3 is 2. The molecule has 158 valence electrons. The summed E-state index contributed by atoms with van der Waals surface area (Å²) < 4.78 is 17.6. The van der Waals surface area contributed by atoms with Gasteiger partial charge in [0.25, 0.3) is 5.91 Å². The lowest BCUT2D eigenvalue weighted by molar-refractivity contribution is -0.122. The van der Waals surface area contributed by atoms with E-state index < -0.39 is 0 Å². The first kappa shape index (κ1) is 22.5. The van der Waals surface area contributed by atoms with Crippen molar-refractivity contribution in [2.24, 2.45) is 0 Å². The molecule has 2 aromatic carbocycles. The summed E-state index contributed by atoms with van der Waals surface area (Å²) in [5.41, 5.74) is 2.19. The molecule has 0 aromatic heterocycles. The zero-order valence-corrected chi connectivity index (χ0v) is 19.8. The minimum atomic E-state index is -0.136. The van der Waals surface area contributed by atoms with E-state index in [-0.39, 0.29) is 5.91 Å². The molecule has 3 rings (SSSR count). The van der Waals surface area contributed by atoms with Gasteiger partial charge in [-0.3, -0.25) is 9.69 Å². The summed E-state index contributed by atoms with van der Waals surface area (Å²) in [6.07, 6.45) is 2.51. The topological polar surface area (TPSA) is 60.0 Å². The normalized spacial score (nSPS) is 14.9. The van der Waals surface area contributed by atoms with Crippen molar-refractivity contribution in [3.8, 4) is 11.5 Å². The molecule has 1 fully saturated rings. The smallest absolute Gasteiger partial charge is 0.276 e. The molecule has 0 saturated carbocycles. The molecular formula is C22H23IN2O4S. The predicted octanol–water partition coefficient (Wildman–Crippen LogP) is 3.97. The van der Waals surface area contributed by atoms with Crippen molar-refractivity contribution < 1.29 is 19.0 Å². The number of carbonyl (C=O) groups is 1. The second-order valence-corrected chi connectivity index (χ2v) is 8.24. The van der Waals surface area contributed by atoms with Crippen LogP contribution in [0.2, 0.25) is 0 Å². The van der Waals surface area contributed by atoms with Crippen LogP contribution in [0.5, 0.6) is 11.5 Å². The molecule has 0 aliphatic carbocycles. The van der Waals surface area contributed by atoms with Crippen LogP contribution in [0.4, 0.5) is 0 Å². The zero-order valence-electron chi connectivity index (χ0n) is 16.8. The third-order valence-corrected chi connectivity index (χ3v) is 5.56. The highest BCUT2D eigenvalue weighted by Gasteiger charge is 2.30. The molecule has 1 aliphatic heterocycles. The van der Waals surface area contributed by atoms with Gasteiger partial charge in [0, 0.05) is 29.4 Å². The van der Waals surface area contributed by atoms with E-state index in [0.29, 0.717) is 30.6 Å². The van der Waals surface area contributed by atoms with Crippen molar-refractivity contribution in [3.63, 3.8) is 0 Å². The van der Waals surface area contributed by atoms with Crippen molar-refractivity contribution in [1.82, 2.24) is 10.2 Å². The number of hydrogen-bond acceptors (Lipinski definition) is 5. The Morgan fingerprint density at radius 2 is 1.93 bits per heavy atom. The molecule has 0 atom stereocenters. The van der Waals surface area contributed by atoms with E-state index in [1.54, 1.807) is 25.2 Å². The first-order valence-corrected chi connectivity index (χ1v) is 10.9. The molecule has 1 saturated heterocycles. The maximum absolute atomic E-state index is 12.7. The number of ether oxygens (including phenoxy) is 3. The van der Waals surface area contributed by atoms with Crippen molar-refractivity contribution in [2.45, 2.75) is 13.0 Å². The Hall–Kier alpha value is -2.17. The highest BCUT2D eigenvalue weighted by atomic mass is 127. The highest BCUT2D eigenvalue weighted by molar-refractivity contribution is 14.1. The Morgan fingerprint density at radius 3 is 2.63 bits per heavy atom. The molecule has 30 heavy (non-hydrogen) atoms. The molecule has 1 heterocycles. The Balaban J connectivity index is 1.74. The van der Waals surface area contributed by atoms with Crippen LogP contribution >= 0.6 is 34.8 Å². The number of hydrogen-bond donors (Lipinski definition) is 1. The first-order chi connectivity index (χ1) is 14.5. The number of nitrogens with zero attached hydrogens (tertiary/aromatic N) is 1. The van der Waals surface area contributed by atoms with Crippen LogP contribution in [0, 0.1) is 3.57 Å². The number of thiocarbonyl (C=S) groups is 1. The summed E-state index contributed by atoms with van der Waals surface area (Å²) >= 11 is 7.56. The molecule has 0 spiro atoms. The number of rotatable bonds is 9. The molecule has 8 heteroatoms. The van der Waals surface area contributed by atoms with E-state index >= 15 is 0 Å². The van der Waals surface area contributed by atoms with Gasteiger partial charge < -0.3 is 19.5 Å². The lowest BCUT2D eigenvalue weighted by Gasteiger charge is -2.13. The maximum Gasteiger partial charge on any atom is 0.276 e. The van der Waals surface area contributed by atoms with Gasteiger partial charge in [-0.2, -0.15) is 0 Å². The number of carbonyl (C=O) groups excluding carboxylic acids is 1. The van der Waals surface area contributed by atoms with Crippen LogP contribution in [-0.4, -0.2) is 43.3 Å². The molecule has 0 unspecified atom stereocenters. The summed E-state index contributed by atoms with van der Waals surface area (Å²) in [6.45, 7) is 1.45. The summed E-state index contributed by atoms with van der Waals surface area (Å²) in [7, 11) is 3.26. The fourth-order valence-corrected chi connectivity index (χ4v) is 3.65. The van der Waals surface area contributed by atoms with Crippen molar-refractivity contribution in [3.05, 3.63) is 62.9 Å². The molecule has 2 aromatic rings. The van der Waals surface area contributed by atoms with Crippen molar-refractivity contribution in [2.75, 3.05) is 27.4 Å². The molecule has 1 amide bonds. The average Bonchev–Trinajstić information content (AvgIpc) is 3.01. The van der Waals surface area contributed by atoms with E-state index in [1.807, 2.05) is 42.5 Å². The monoisotopic (exact) mass is 538 g/mol. The van der Waals surface area contributed by atoms with Gasteiger partial charge in [-0.25, -0.2) is 0 Å². The molecule has 1 N–H and O–H groups in total. The predicted molar refractivity (Wildman–Crippen MR) is 128 cm³/mol. The summed E-state index contributed by atoms with van der Waals surface area (Å²) in [5, 5.41) is 3.42. The molecule has 1 aliphatic rings. The standard InChI is InChI=1S/C22H23IN2O4S/c1-27-11-3-10-25-21(26)19(24-22(25)30)13-15-4-9-20(28-2)16(12-15)14-29-18-7-5-17(23)6-8-18/h4-9,12-13H,3,10-11,14H2,1-2H3,(H,24,30)/b19-13+. The number of nitrogens with one attached hydrogen (secondary N) is 1. The fraction of sp³-hybridized carbons (Fsp3) is 0.273. The van der Waals surface area contributed by atoms with Gasteiger partial charge in [-0.1, -0.05) is 6.07 Å². The van der Waals surface area contributed by atoms with E-state index in [9.17, 15) is 4.79 Å². The second-order valence-electron chi connectivity index (χ2n) is 6.61.